The fourth-order valence-corrected chi connectivity index (χ4v) is 2.30. The zero-order valence-corrected chi connectivity index (χ0v) is 14.5. The van der Waals surface area contributed by atoms with Crippen molar-refractivity contribution in [3.63, 3.8) is 0 Å². The lowest BCUT2D eigenvalue weighted by atomic mass is 10.1. The van der Waals surface area contributed by atoms with E-state index in [1.165, 1.54) is 36.6 Å². The molecule has 0 spiro atoms. The van der Waals surface area contributed by atoms with Gasteiger partial charge in [-0.3, -0.25) is 9.59 Å². The van der Waals surface area contributed by atoms with Crippen LogP contribution in [0.1, 0.15) is 41.9 Å². The number of alkyl halides is 3. The van der Waals surface area contributed by atoms with E-state index in [4.69, 9.17) is 4.42 Å². The monoisotopic (exact) mass is 384 g/mol. The van der Waals surface area contributed by atoms with Crippen molar-refractivity contribution in [2.45, 2.75) is 32.2 Å². The Morgan fingerprint density at radius 3 is 2.48 bits per heavy atom. The molecule has 0 radical (unpaired) electrons. The smallest absolute Gasteiger partial charge is 0.459 e. The van der Waals surface area contributed by atoms with E-state index in [1.807, 2.05) is 0 Å². The molecule has 1 aromatic carbocycles. The maximum atomic E-state index is 12.1. The number of rotatable bonds is 8. The second-order valence-electron chi connectivity index (χ2n) is 5.74. The summed E-state index contributed by atoms with van der Waals surface area (Å²) in [6.07, 6.45) is -2.72. The van der Waals surface area contributed by atoms with Crippen LogP contribution in [-0.4, -0.2) is 24.7 Å². The Hall–Kier alpha value is -2.97. The highest BCUT2D eigenvalue weighted by atomic mass is 19.4. The minimum absolute atomic E-state index is 0.193. The molecule has 1 atom stereocenters. The number of carbonyl (C=O) groups excluding carboxylic acids is 2. The molecule has 1 aromatic heterocycles. The van der Waals surface area contributed by atoms with Gasteiger partial charge in [0, 0.05) is 13.0 Å². The van der Waals surface area contributed by atoms with E-state index in [0.29, 0.717) is 18.5 Å². The fourth-order valence-electron chi connectivity index (χ4n) is 2.30. The molecule has 2 rings (SSSR count). The standard InChI is InChI=1S/C18H19F3N2O4/c1-12(13-6-8-14(9-7-13)27-18(19,20)21)23-16(24)5-2-10-22-17(25)15-4-3-11-26-15/h3-4,6-9,11-12H,2,5,10H2,1H3,(H,22,25)(H,23,24)/t12-/m1/s1. The number of furan rings is 1. The van der Waals surface area contributed by atoms with E-state index in [9.17, 15) is 22.8 Å². The third-order valence-electron chi connectivity index (χ3n) is 3.60. The highest BCUT2D eigenvalue weighted by Gasteiger charge is 2.31. The predicted octanol–water partition coefficient (Wildman–Crippen LogP) is 3.57. The Labute approximate surface area is 153 Å². The lowest BCUT2D eigenvalue weighted by Gasteiger charge is -2.15. The Bertz CT molecular complexity index is 743. The number of hydrogen-bond donors (Lipinski definition) is 2. The van der Waals surface area contributed by atoms with Crippen LogP contribution in [0.5, 0.6) is 5.75 Å². The first-order valence-electron chi connectivity index (χ1n) is 8.21. The summed E-state index contributed by atoms with van der Waals surface area (Å²) in [4.78, 5) is 23.6. The quantitative estimate of drug-likeness (QED) is 0.682. The molecule has 9 heteroatoms. The van der Waals surface area contributed by atoms with E-state index >= 15 is 0 Å². The minimum Gasteiger partial charge on any atom is -0.459 e. The van der Waals surface area contributed by atoms with Crippen molar-refractivity contribution >= 4 is 11.8 Å². The number of benzene rings is 1. The molecule has 0 bridgehead atoms. The predicted molar refractivity (Wildman–Crippen MR) is 90.0 cm³/mol. The van der Waals surface area contributed by atoms with Gasteiger partial charge in [-0.15, -0.1) is 13.2 Å². The molecule has 0 aliphatic rings. The maximum Gasteiger partial charge on any atom is 0.573 e. The fraction of sp³-hybridized carbons (Fsp3) is 0.333. The Morgan fingerprint density at radius 1 is 1.19 bits per heavy atom. The largest absolute Gasteiger partial charge is 0.573 e. The molecule has 0 fully saturated rings. The van der Waals surface area contributed by atoms with Crippen LogP contribution in [-0.2, 0) is 4.79 Å². The van der Waals surface area contributed by atoms with Gasteiger partial charge in [-0.05, 0) is 43.2 Å². The van der Waals surface area contributed by atoms with Crippen molar-refractivity contribution in [3.05, 3.63) is 54.0 Å². The van der Waals surface area contributed by atoms with Gasteiger partial charge in [0.2, 0.25) is 5.91 Å². The van der Waals surface area contributed by atoms with Gasteiger partial charge in [0.25, 0.3) is 5.91 Å². The van der Waals surface area contributed by atoms with Gasteiger partial charge in [-0.1, -0.05) is 12.1 Å². The molecule has 146 valence electrons. The zero-order chi connectivity index (χ0) is 19.9. The van der Waals surface area contributed by atoms with Crippen LogP contribution >= 0.6 is 0 Å². The van der Waals surface area contributed by atoms with E-state index in [2.05, 4.69) is 15.4 Å². The molecule has 1 heterocycles. The third-order valence-corrected chi connectivity index (χ3v) is 3.60. The highest BCUT2D eigenvalue weighted by molar-refractivity contribution is 5.91. The molecule has 0 aliphatic heterocycles. The summed E-state index contributed by atoms with van der Waals surface area (Å²) < 4.78 is 45.2. The number of nitrogens with one attached hydrogen (secondary N) is 2. The summed E-state index contributed by atoms with van der Waals surface area (Å²) in [5, 5.41) is 5.38. The summed E-state index contributed by atoms with van der Waals surface area (Å²) in [5.74, 6) is -0.705. The molecular formula is C18H19F3N2O4. The lowest BCUT2D eigenvalue weighted by molar-refractivity contribution is -0.274. The highest BCUT2D eigenvalue weighted by Crippen LogP contribution is 2.24. The van der Waals surface area contributed by atoms with Gasteiger partial charge in [0.15, 0.2) is 5.76 Å². The molecule has 0 saturated carbocycles. The zero-order valence-electron chi connectivity index (χ0n) is 14.5. The van der Waals surface area contributed by atoms with Gasteiger partial charge >= 0.3 is 6.36 Å². The number of carbonyl (C=O) groups is 2. The third kappa shape index (κ3) is 7.04. The Kier molecular flexibility index (Phi) is 6.86. The minimum atomic E-state index is -4.74. The van der Waals surface area contributed by atoms with Crippen LogP contribution < -0.4 is 15.4 Å². The molecule has 6 nitrogen and oxygen atoms in total. The molecule has 2 N–H and O–H groups in total. The number of halogens is 3. The summed E-state index contributed by atoms with van der Waals surface area (Å²) in [7, 11) is 0. The van der Waals surface area contributed by atoms with Crippen molar-refractivity contribution in [1.82, 2.24) is 10.6 Å². The molecule has 0 aliphatic carbocycles. The van der Waals surface area contributed by atoms with Crippen molar-refractivity contribution in [2.24, 2.45) is 0 Å². The molecule has 2 amide bonds. The van der Waals surface area contributed by atoms with Crippen molar-refractivity contribution in [1.29, 1.82) is 0 Å². The van der Waals surface area contributed by atoms with Crippen LogP contribution in [0.2, 0.25) is 0 Å². The SMILES string of the molecule is C[C@@H](NC(=O)CCCNC(=O)c1ccco1)c1ccc(OC(F)(F)F)cc1. The first-order valence-corrected chi connectivity index (χ1v) is 8.21. The van der Waals surface area contributed by atoms with Gasteiger partial charge < -0.3 is 19.8 Å². The van der Waals surface area contributed by atoms with Crippen LogP contribution in [0.4, 0.5) is 13.2 Å². The molecule has 2 aromatic rings. The van der Waals surface area contributed by atoms with Crippen LogP contribution in [0.15, 0.2) is 47.1 Å². The average Bonchev–Trinajstić information content (AvgIpc) is 3.12. The van der Waals surface area contributed by atoms with E-state index < -0.39 is 6.36 Å². The number of amides is 2. The van der Waals surface area contributed by atoms with Crippen LogP contribution in [0.25, 0.3) is 0 Å². The van der Waals surface area contributed by atoms with Gasteiger partial charge in [0.05, 0.1) is 12.3 Å². The first kappa shape index (κ1) is 20.3. The molecular weight excluding hydrogens is 365 g/mol. The molecule has 0 unspecified atom stereocenters. The van der Waals surface area contributed by atoms with E-state index in [1.54, 1.807) is 13.0 Å². The summed E-state index contributed by atoms with van der Waals surface area (Å²) >= 11 is 0. The molecule has 0 saturated heterocycles. The van der Waals surface area contributed by atoms with E-state index in [0.717, 1.165) is 0 Å². The number of hydrogen-bond acceptors (Lipinski definition) is 4. The summed E-state index contributed by atoms with van der Waals surface area (Å²) in [5.41, 5.74) is 0.643. The van der Waals surface area contributed by atoms with Gasteiger partial charge in [0.1, 0.15) is 5.75 Å². The maximum absolute atomic E-state index is 12.1. The van der Waals surface area contributed by atoms with Crippen molar-refractivity contribution in [2.75, 3.05) is 6.54 Å². The normalized spacial score (nSPS) is 12.3. The first-order chi connectivity index (χ1) is 12.7. The molecule has 27 heavy (non-hydrogen) atoms. The Balaban J connectivity index is 1.71. The van der Waals surface area contributed by atoms with Crippen molar-refractivity contribution in [3.8, 4) is 5.75 Å². The second-order valence-corrected chi connectivity index (χ2v) is 5.74. The van der Waals surface area contributed by atoms with E-state index in [-0.39, 0.29) is 35.8 Å². The topological polar surface area (TPSA) is 80.6 Å². The lowest BCUT2D eigenvalue weighted by Crippen LogP contribution is -2.29. The van der Waals surface area contributed by atoms with Crippen LogP contribution in [0.3, 0.4) is 0 Å². The van der Waals surface area contributed by atoms with Gasteiger partial charge in [-0.2, -0.15) is 0 Å². The van der Waals surface area contributed by atoms with Crippen LogP contribution in [0, 0.1) is 0 Å². The van der Waals surface area contributed by atoms with Crippen molar-refractivity contribution < 1.29 is 31.9 Å². The average molecular weight is 384 g/mol. The summed E-state index contributed by atoms with van der Waals surface area (Å²) in [6.45, 7) is 2.03. The summed E-state index contributed by atoms with van der Waals surface area (Å²) in [6, 6.07) is 8.05. The van der Waals surface area contributed by atoms with Gasteiger partial charge in [-0.25, -0.2) is 0 Å². The second kappa shape index (κ2) is 9.11. The Morgan fingerprint density at radius 2 is 1.89 bits per heavy atom. The number of ether oxygens (including phenoxy) is 1.